The minimum absolute atomic E-state index is 0.277. The van der Waals surface area contributed by atoms with E-state index >= 15 is 0 Å². The Bertz CT molecular complexity index is 438. The van der Waals surface area contributed by atoms with Gasteiger partial charge in [-0.15, -0.1) is 0 Å². The smallest absolute Gasteiger partial charge is 0.0847 e. The zero-order valence-corrected chi connectivity index (χ0v) is 12.4. The van der Waals surface area contributed by atoms with Gasteiger partial charge >= 0.3 is 0 Å². The first kappa shape index (κ1) is 13.8. The van der Waals surface area contributed by atoms with Crippen molar-refractivity contribution in [2.75, 3.05) is 0 Å². The van der Waals surface area contributed by atoms with E-state index in [2.05, 4.69) is 31.3 Å². The summed E-state index contributed by atoms with van der Waals surface area (Å²) in [5.74, 6) is 6.33. The van der Waals surface area contributed by atoms with E-state index < -0.39 is 0 Å². The van der Waals surface area contributed by atoms with Crippen molar-refractivity contribution in [3.63, 3.8) is 0 Å². The maximum atomic E-state index is 6.34. The fourth-order valence-corrected chi connectivity index (χ4v) is 3.00. The summed E-state index contributed by atoms with van der Waals surface area (Å²) in [6.45, 7) is 9.44. The van der Waals surface area contributed by atoms with Crippen molar-refractivity contribution in [3.05, 3.63) is 16.4 Å². The third-order valence-electron chi connectivity index (χ3n) is 4.16. The predicted molar refractivity (Wildman–Crippen MR) is 74.4 cm³/mol. The van der Waals surface area contributed by atoms with Crippen LogP contribution in [0.15, 0.2) is 0 Å². The summed E-state index contributed by atoms with van der Waals surface area (Å²) in [6.07, 6.45) is 2.07. The monoisotopic (exact) mass is 270 g/mol. The van der Waals surface area contributed by atoms with Crippen LogP contribution in [0.5, 0.6) is 0 Å². The van der Waals surface area contributed by atoms with Crippen molar-refractivity contribution < 1.29 is 0 Å². The average molecular weight is 271 g/mol. The van der Waals surface area contributed by atoms with Crippen molar-refractivity contribution in [1.82, 2.24) is 15.2 Å². The van der Waals surface area contributed by atoms with Crippen LogP contribution in [0.2, 0.25) is 5.02 Å². The predicted octanol–water partition coefficient (Wildman–Crippen LogP) is 2.29. The molecule has 1 aliphatic carbocycles. The summed E-state index contributed by atoms with van der Waals surface area (Å²) in [5, 5.41) is 5.24. The van der Waals surface area contributed by atoms with Gasteiger partial charge in [-0.05, 0) is 31.6 Å². The second-order valence-corrected chi connectivity index (χ2v) is 6.32. The van der Waals surface area contributed by atoms with E-state index in [4.69, 9.17) is 17.4 Å². The van der Waals surface area contributed by atoms with Crippen LogP contribution in [0.3, 0.4) is 0 Å². The Kier molecular flexibility index (Phi) is 3.72. The molecule has 0 radical (unpaired) electrons. The van der Waals surface area contributed by atoms with E-state index in [1.165, 1.54) is 6.42 Å². The van der Waals surface area contributed by atoms with Crippen LogP contribution in [-0.4, -0.2) is 15.8 Å². The van der Waals surface area contributed by atoms with Crippen LogP contribution < -0.4 is 11.3 Å². The molecule has 1 aromatic rings. The van der Waals surface area contributed by atoms with Crippen molar-refractivity contribution in [2.45, 2.75) is 53.1 Å². The molecular formula is C13H23ClN4. The topological polar surface area (TPSA) is 55.9 Å². The Labute approximate surface area is 114 Å². The van der Waals surface area contributed by atoms with Gasteiger partial charge in [0.05, 0.1) is 16.4 Å². The second-order valence-electron chi connectivity index (χ2n) is 5.94. The van der Waals surface area contributed by atoms with Crippen molar-refractivity contribution in [3.8, 4) is 0 Å². The van der Waals surface area contributed by atoms with Gasteiger partial charge in [-0.2, -0.15) is 5.10 Å². The number of rotatable bonds is 5. The average Bonchev–Trinajstić information content (AvgIpc) is 2.86. The van der Waals surface area contributed by atoms with E-state index in [1.54, 1.807) is 0 Å². The summed E-state index contributed by atoms with van der Waals surface area (Å²) in [7, 11) is 0. The zero-order chi connectivity index (χ0) is 13.5. The molecule has 2 atom stereocenters. The molecule has 0 saturated heterocycles. The molecule has 1 fully saturated rings. The molecule has 2 unspecified atom stereocenters. The molecule has 0 aliphatic heterocycles. The van der Waals surface area contributed by atoms with Crippen molar-refractivity contribution in [2.24, 2.45) is 17.2 Å². The molecule has 2 rings (SSSR count). The van der Waals surface area contributed by atoms with Crippen LogP contribution in [0.4, 0.5) is 0 Å². The maximum Gasteiger partial charge on any atom is 0.0847 e. The Morgan fingerprint density at radius 3 is 2.67 bits per heavy atom. The number of aromatic nitrogens is 2. The Hall–Kier alpha value is -0.580. The molecule has 0 bridgehead atoms. The summed E-state index contributed by atoms with van der Waals surface area (Å²) < 4.78 is 1.98. The summed E-state index contributed by atoms with van der Waals surface area (Å²) >= 11 is 6.34. The van der Waals surface area contributed by atoms with Crippen molar-refractivity contribution in [1.29, 1.82) is 0 Å². The third-order valence-corrected chi connectivity index (χ3v) is 4.65. The van der Waals surface area contributed by atoms with Gasteiger partial charge in [0.1, 0.15) is 0 Å². The number of halogens is 1. The lowest BCUT2D eigenvalue weighted by atomic mass is 10.00. The van der Waals surface area contributed by atoms with Gasteiger partial charge < -0.3 is 0 Å². The molecule has 0 spiro atoms. The largest absolute Gasteiger partial charge is 0.271 e. The Morgan fingerprint density at radius 2 is 2.22 bits per heavy atom. The summed E-state index contributed by atoms with van der Waals surface area (Å²) in [4.78, 5) is 0. The highest BCUT2D eigenvalue weighted by Crippen LogP contribution is 2.54. The van der Waals surface area contributed by atoms with Crippen LogP contribution in [0, 0.1) is 18.3 Å². The maximum absolute atomic E-state index is 6.34. The number of aryl methyl sites for hydroxylation is 2. The first-order valence-electron chi connectivity index (χ1n) is 6.58. The number of hydrogen-bond donors (Lipinski definition) is 2. The quantitative estimate of drug-likeness (QED) is 0.638. The molecule has 1 saturated carbocycles. The third kappa shape index (κ3) is 2.42. The highest BCUT2D eigenvalue weighted by molar-refractivity contribution is 6.31. The van der Waals surface area contributed by atoms with Gasteiger partial charge in [-0.3, -0.25) is 16.0 Å². The number of hydrogen-bond acceptors (Lipinski definition) is 3. The minimum Gasteiger partial charge on any atom is -0.271 e. The molecule has 5 heteroatoms. The first-order valence-corrected chi connectivity index (χ1v) is 6.96. The van der Waals surface area contributed by atoms with Crippen LogP contribution >= 0.6 is 11.6 Å². The van der Waals surface area contributed by atoms with Gasteiger partial charge in [0.15, 0.2) is 0 Å². The SMILES string of the molecule is CCn1nc(C)c(Cl)c1CC(NN)C1CC1(C)C. The van der Waals surface area contributed by atoms with Gasteiger partial charge in [0.25, 0.3) is 0 Å². The molecular weight excluding hydrogens is 248 g/mol. The molecule has 0 amide bonds. The number of nitrogens with one attached hydrogen (secondary N) is 1. The fourth-order valence-electron chi connectivity index (χ4n) is 2.78. The molecule has 3 N–H and O–H groups in total. The molecule has 1 aromatic heterocycles. The van der Waals surface area contributed by atoms with Crippen LogP contribution in [-0.2, 0) is 13.0 Å². The summed E-state index contributed by atoms with van der Waals surface area (Å²) in [6, 6.07) is 0.277. The van der Waals surface area contributed by atoms with Crippen LogP contribution in [0.25, 0.3) is 0 Å². The lowest BCUT2D eigenvalue weighted by Gasteiger charge is -2.18. The molecule has 102 valence electrons. The Balaban J connectivity index is 2.17. The van der Waals surface area contributed by atoms with Gasteiger partial charge in [-0.25, -0.2) is 0 Å². The molecule has 18 heavy (non-hydrogen) atoms. The lowest BCUT2D eigenvalue weighted by molar-refractivity contribution is 0.399. The Morgan fingerprint density at radius 1 is 1.61 bits per heavy atom. The normalized spacial score (nSPS) is 23.1. The van der Waals surface area contributed by atoms with Gasteiger partial charge in [-0.1, -0.05) is 25.4 Å². The fraction of sp³-hybridized carbons (Fsp3) is 0.769. The van der Waals surface area contributed by atoms with Crippen LogP contribution in [0.1, 0.15) is 38.6 Å². The highest BCUT2D eigenvalue weighted by Gasteiger charge is 2.50. The first-order chi connectivity index (χ1) is 8.40. The zero-order valence-electron chi connectivity index (χ0n) is 11.6. The standard InChI is InChI=1S/C13H23ClN4/c1-5-18-11(12(14)8(2)17-18)6-10(16-15)9-7-13(9,3)4/h9-10,16H,5-7,15H2,1-4H3. The molecule has 4 nitrogen and oxygen atoms in total. The van der Waals surface area contributed by atoms with E-state index in [0.29, 0.717) is 11.3 Å². The molecule has 0 aromatic carbocycles. The highest BCUT2D eigenvalue weighted by atomic mass is 35.5. The number of nitrogens with zero attached hydrogens (tertiary/aromatic N) is 2. The lowest BCUT2D eigenvalue weighted by Crippen LogP contribution is -2.40. The minimum atomic E-state index is 0.277. The van der Waals surface area contributed by atoms with Gasteiger partial charge in [0.2, 0.25) is 0 Å². The van der Waals surface area contributed by atoms with Gasteiger partial charge in [0, 0.05) is 19.0 Å². The number of nitrogens with two attached hydrogens (primary N) is 1. The molecule has 1 aliphatic rings. The summed E-state index contributed by atoms with van der Waals surface area (Å²) in [5.41, 5.74) is 5.36. The van der Waals surface area contributed by atoms with E-state index in [9.17, 15) is 0 Å². The van der Waals surface area contributed by atoms with E-state index in [1.807, 2.05) is 11.6 Å². The molecule has 1 heterocycles. The van der Waals surface area contributed by atoms with E-state index in [0.717, 1.165) is 29.4 Å². The van der Waals surface area contributed by atoms with E-state index in [-0.39, 0.29) is 6.04 Å². The number of hydrazine groups is 1. The second kappa shape index (κ2) is 4.83. The van der Waals surface area contributed by atoms with Crippen molar-refractivity contribution >= 4 is 11.6 Å².